The van der Waals surface area contributed by atoms with Gasteiger partial charge in [0.1, 0.15) is 0 Å². The van der Waals surface area contributed by atoms with Crippen molar-refractivity contribution in [3.63, 3.8) is 0 Å². The van der Waals surface area contributed by atoms with E-state index in [-0.39, 0.29) is 24.2 Å². The highest BCUT2D eigenvalue weighted by Crippen LogP contribution is 2.21. The lowest BCUT2D eigenvalue weighted by molar-refractivity contribution is -0.119. The van der Waals surface area contributed by atoms with Gasteiger partial charge in [0.05, 0.1) is 0 Å². The predicted octanol–water partition coefficient (Wildman–Crippen LogP) is 2.75. The van der Waals surface area contributed by atoms with E-state index in [1.54, 1.807) is 4.90 Å². The van der Waals surface area contributed by atoms with Crippen LogP contribution in [0.25, 0.3) is 0 Å². The molecule has 1 aliphatic rings. The van der Waals surface area contributed by atoms with Gasteiger partial charge in [0.25, 0.3) is 0 Å². The van der Waals surface area contributed by atoms with E-state index in [0.29, 0.717) is 0 Å². The minimum atomic E-state index is -0.288. The molecular weight excluding hydrogens is 252 g/mol. The Kier molecular flexibility index (Phi) is 7.09. The summed E-state index contributed by atoms with van der Waals surface area (Å²) < 4.78 is 0. The maximum Gasteiger partial charge on any atom is 0.324 e. The highest BCUT2D eigenvalue weighted by Gasteiger charge is 2.21. The Labute approximate surface area is 114 Å². The summed E-state index contributed by atoms with van der Waals surface area (Å²) >= 11 is 5.46. The Bertz CT molecular complexity index is 284. The number of hydrogen-bond donors (Lipinski definition) is 1. The number of carbonyl (C=O) groups is 2. The molecule has 1 saturated heterocycles. The molecule has 1 aliphatic heterocycles. The van der Waals surface area contributed by atoms with Crippen molar-refractivity contribution in [2.24, 2.45) is 5.92 Å². The second-order valence-electron chi connectivity index (χ2n) is 4.86. The fraction of sp³-hybridized carbons (Fsp3) is 0.846. The maximum absolute atomic E-state index is 11.9. The van der Waals surface area contributed by atoms with Gasteiger partial charge in [0.2, 0.25) is 5.91 Å². The molecule has 1 atom stereocenters. The minimum Gasteiger partial charge on any atom is -0.324 e. The number of carbonyl (C=O) groups excluding carboxylic acids is 2. The number of likely N-dealkylation sites (tertiary alicyclic amines) is 1. The number of alkyl halides is 1. The van der Waals surface area contributed by atoms with Gasteiger partial charge in [0.15, 0.2) is 0 Å². The first kappa shape index (κ1) is 15.3. The Hall–Kier alpha value is -0.770. The molecule has 3 amide bonds. The summed E-state index contributed by atoms with van der Waals surface area (Å²) in [6.45, 7) is 3.70. The maximum atomic E-state index is 11.9. The third-order valence-electron chi connectivity index (χ3n) is 3.40. The Morgan fingerprint density at radius 1 is 1.33 bits per heavy atom. The average Bonchev–Trinajstić information content (AvgIpc) is 2.55. The molecule has 4 nitrogen and oxygen atoms in total. The van der Waals surface area contributed by atoms with Crippen LogP contribution in [0.4, 0.5) is 4.79 Å². The second-order valence-corrected chi connectivity index (χ2v) is 5.24. The lowest BCUT2D eigenvalue weighted by Crippen LogP contribution is -2.43. The molecule has 1 unspecified atom stereocenters. The molecule has 1 rings (SSSR count). The average molecular weight is 275 g/mol. The van der Waals surface area contributed by atoms with Crippen LogP contribution >= 0.6 is 11.6 Å². The summed E-state index contributed by atoms with van der Waals surface area (Å²) in [5.74, 6) is 0.688. The quantitative estimate of drug-likeness (QED) is 0.802. The molecule has 0 aromatic carbocycles. The summed E-state index contributed by atoms with van der Waals surface area (Å²) in [4.78, 5) is 24.9. The van der Waals surface area contributed by atoms with Gasteiger partial charge in [0, 0.05) is 25.4 Å². The first-order valence-corrected chi connectivity index (χ1v) is 7.35. The molecular formula is C13H23ClN2O2. The van der Waals surface area contributed by atoms with Crippen LogP contribution < -0.4 is 5.32 Å². The Balaban J connectivity index is 2.37. The molecule has 0 aromatic heterocycles. The van der Waals surface area contributed by atoms with Crippen LogP contribution in [0.15, 0.2) is 0 Å². The van der Waals surface area contributed by atoms with Crippen LogP contribution in [0, 0.1) is 5.92 Å². The van der Waals surface area contributed by atoms with E-state index in [2.05, 4.69) is 12.2 Å². The lowest BCUT2D eigenvalue weighted by atomic mass is 9.96. The van der Waals surface area contributed by atoms with E-state index >= 15 is 0 Å². The summed E-state index contributed by atoms with van der Waals surface area (Å²) in [5, 5.41) is 2.39. The van der Waals surface area contributed by atoms with Crippen LogP contribution in [-0.4, -0.2) is 35.8 Å². The second kappa shape index (κ2) is 8.35. The number of halogens is 1. The fourth-order valence-electron chi connectivity index (χ4n) is 2.41. The molecule has 1 heterocycles. The molecule has 1 fully saturated rings. The van der Waals surface area contributed by atoms with Crippen molar-refractivity contribution in [3.8, 4) is 0 Å². The van der Waals surface area contributed by atoms with Gasteiger partial charge in [-0.25, -0.2) is 4.79 Å². The molecule has 0 spiro atoms. The van der Waals surface area contributed by atoms with E-state index in [9.17, 15) is 9.59 Å². The first-order chi connectivity index (χ1) is 8.67. The monoisotopic (exact) mass is 274 g/mol. The van der Waals surface area contributed by atoms with Crippen LogP contribution in [0.5, 0.6) is 0 Å². The van der Waals surface area contributed by atoms with Crippen LogP contribution in [0.2, 0.25) is 0 Å². The van der Waals surface area contributed by atoms with Gasteiger partial charge >= 0.3 is 6.03 Å². The summed E-state index contributed by atoms with van der Waals surface area (Å²) in [6.07, 6.45) is 5.89. The fourth-order valence-corrected chi connectivity index (χ4v) is 2.58. The number of nitrogens with one attached hydrogen (secondary N) is 1. The molecule has 0 aliphatic carbocycles. The van der Waals surface area contributed by atoms with Crippen LogP contribution in [0.3, 0.4) is 0 Å². The number of nitrogens with zero attached hydrogens (tertiary/aromatic N) is 1. The zero-order valence-corrected chi connectivity index (χ0v) is 11.8. The first-order valence-electron chi connectivity index (χ1n) is 6.82. The molecule has 0 radical (unpaired) electrons. The molecule has 0 aromatic rings. The Morgan fingerprint density at radius 3 is 2.78 bits per heavy atom. The minimum absolute atomic E-state index is 0.194. The van der Waals surface area contributed by atoms with Crippen molar-refractivity contribution in [1.82, 2.24) is 10.2 Å². The lowest BCUT2D eigenvalue weighted by Gasteiger charge is -2.20. The Morgan fingerprint density at radius 2 is 2.11 bits per heavy atom. The molecule has 18 heavy (non-hydrogen) atoms. The summed E-state index contributed by atoms with van der Waals surface area (Å²) in [7, 11) is 0. The van der Waals surface area contributed by atoms with Gasteiger partial charge in [-0.2, -0.15) is 0 Å². The van der Waals surface area contributed by atoms with Gasteiger partial charge < -0.3 is 4.90 Å². The normalized spacial score (nSPS) is 20.3. The molecule has 0 bridgehead atoms. The van der Waals surface area contributed by atoms with Gasteiger partial charge in [-0.15, -0.1) is 11.6 Å². The third kappa shape index (κ3) is 5.25. The van der Waals surface area contributed by atoms with E-state index in [1.807, 2.05) is 0 Å². The number of hydrogen-bond acceptors (Lipinski definition) is 2. The van der Waals surface area contributed by atoms with Crippen LogP contribution in [-0.2, 0) is 4.79 Å². The van der Waals surface area contributed by atoms with Crippen molar-refractivity contribution < 1.29 is 9.59 Å². The standard InChI is InChI=1S/C13H23ClN2O2/c1-2-4-11-5-3-9-16(10-7-11)13(18)15-12(17)6-8-14/h11H,2-10H2,1H3,(H,15,17,18). The number of rotatable bonds is 4. The molecule has 0 saturated carbocycles. The molecule has 5 heteroatoms. The SMILES string of the molecule is CCCC1CCCN(C(=O)NC(=O)CCCl)CC1. The molecule has 1 N–H and O–H groups in total. The number of imide groups is 1. The predicted molar refractivity (Wildman–Crippen MR) is 72.7 cm³/mol. The zero-order chi connectivity index (χ0) is 13.4. The van der Waals surface area contributed by atoms with Gasteiger partial charge in [-0.05, 0) is 25.2 Å². The van der Waals surface area contributed by atoms with Crippen molar-refractivity contribution in [2.75, 3.05) is 19.0 Å². The topological polar surface area (TPSA) is 49.4 Å². The van der Waals surface area contributed by atoms with Crippen LogP contribution in [0.1, 0.15) is 45.4 Å². The van der Waals surface area contributed by atoms with Crippen molar-refractivity contribution >= 4 is 23.5 Å². The molecule has 104 valence electrons. The van der Waals surface area contributed by atoms with Gasteiger partial charge in [-0.1, -0.05) is 19.8 Å². The number of amides is 3. The van der Waals surface area contributed by atoms with E-state index < -0.39 is 0 Å². The summed E-state index contributed by atoms with van der Waals surface area (Å²) in [5.41, 5.74) is 0. The van der Waals surface area contributed by atoms with E-state index in [4.69, 9.17) is 11.6 Å². The largest absolute Gasteiger partial charge is 0.324 e. The van der Waals surface area contributed by atoms with Crippen molar-refractivity contribution in [1.29, 1.82) is 0 Å². The van der Waals surface area contributed by atoms with E-state index in [0.717, 1.165) is 31.8 Å². The van der Waals surface area contributed by atoms with Crippen molar-refractivity contribution in [2.45, 2.75) is 45.4 Å². The third-order valence-corrected chi connectivity index (χ3v) is 3.59. The summed E-state index contributed by atoms with van der Waals surface area (Å²) in [6, 6.07) is -0.262. The van der Waals surface area contributed by atoms with Gasteiger partial charge in [-0.3, -0.25) is 10.1 Å². The van der Waals surface area contributed by atoms with E-state index in [1.165, 1.54) is 19.3 Å². The van der Waals surface area contributed by atoms with Crippen molar-refractivity contribution in [3.05, 3.63) is 0 Å². The number of urea groups is 1. The smallest absolute Gasteiger partial charge is 0.324 e. The zero-order valence-electron chi connectivity index (χ0n) is 11.1. The highest BCUT2D eigenvalue weighted by molar-refractivity contribution is 6.19. The highest BCUT2D eigenvalue weighted by atomic mass is 35.5.